The lowest BCUT2D eigenvalue weighted by Gasteiger charge is -2.21. The van der Waals surface area contributed by atoms with Crippen LogP contribution >= 0.6 is 23.4 Å². The number of benzene rings is 1. The molecule has 6 heteroatoms. The van der Waals surface area contributed by atoms with Crippen molar-refractivity contribution < 1.29 is 0 Å². The van der Waals surface area contributed by atoms with Gasteiger partial charge in [0.15, 0.2) is 0 Å². The second-order valence-electron chi connectivity index (χ2n) is 7.61. The van der Waals surface area contributed by atoms with Gasteiger partial charge in [-0.2, -0.15) is 5.10 Å². The normalized spacial score (nSPS) is 15.0. The summed E-state index contributed by atoms with van der Waals surface area (Å²) in [6.45, 7) is 2.76. The monoisotopic (exact) mass is 427 g/mol. The molecule has 0 aliphatic heterocycles. The molecule has 0 N–H and O–H groups in total. The molecule has 0 radical (unpaired) electrons. The molecule has 1 aromatic carbocycles. The van der Waals surface area contributed by atoms with Crippen LogP contribution in [0.2, 0.25) is 5.02 Å². The Hall–Kier alpha value is -1.98. The summed E-state index contributed by atoms with van der Waals surface area (Å²) in [5.41, 5.74) is 2.83. The number of pyridine rings is 1. The number of aryl methyl sites for hydroxylation is 1. The Balaban J connectivity index is 1.54. The fourth-order valence-corrected chi connectivity index (χ4v) is 5.49. The predicted molar refractivity (Wildman–Crippen MR) is 121 cm³/mol. The first kappa shape index (κ1) is 20.3. The van der Waals surface area contributed by atoms with E-state index in [1.807, 2.05) is 30.4 Å². The lowest BCUT2D eigenvalue weighted by atomic mass is 10.0. The molecule has 4 rings (SSSR count). The van der Waals surface area contributed by atoms with Crippen LogP contribution in [0.4, 0.5) is 0 Å². The van der Waals surface area contributed by atoms with Gasteiger partial charge >= 0.3 is 0 Å². The van der Waals surface area contributed by atoms with Gasteiger partial charge < -0.3 is 4.57 Å². The van der Waals surface area contributed by atoms with Crippen molar-refractivity contribution in [3.05, 3.63) is 64.3 Å². The third kappa shape index (κ3) is 4.78. The Kier molecular flexibility index (Phi) is 6.46. The van der Waals surface area contributed by atoms with E-state index in [9.17, 15) is 4.79 Å². The van der Waals surface area contributed by atoms with E-state index < -0.39 is 0 Å². The maximum atomic E-state index is 12.0. The molecule has 1 saturated carbocycles. The zero-order valence-corrected chi connectivity index (χ0v) is 18.3. The minimum atomic E-state index is 0.0112. The highest BCUT2D eigenvalue weighted by Crippen LogP contribution is 2.37. The number of halogens is 1. The maximum absolute atomic E-state index is 12.0. The third-order valence-corrected chi connectivity index (χ3v) is 7.03. The van der Waals surface area contributed by atoms with E-state index in [-0.39, 0.29) is 5.56 Å². The largest absolute Gasteiger partial charge is 0.313 e. The first-order valence-corrected chi connectivity index (χ1v) is 11.6. The quantitative estimate of drug-likeness (QED) is 0.470. The molecule has 0 bridgehead atoms. The molecule has 1 aliphatic carbocycles. The number of nitrogens with zero attached hydrogens (tertiary/aromatic N) is 3. The molecule has 2 aromatic heterocycles. The molecule has 1 aliphatic rings. The average molecular weight is 428 g/mol. The lowest BCUT2D eigenvalue weighted by molar-refractivity contribution is 0.516. The fraction of sp³-hybridized carbons (Fsp3) is 0.391. The second-order valence-corrected chi connectivity index (χ2v) is 9.39. The molecule has 0 unspecified atom stereocenters. The van der Waals surface area contributed by atoms with E-state index >= 15 is 0 Å². The molecule has 0 amide bonds. The molecule has 4 nitrogen and oxygen atoms in total. The first-order chi connectivity index (χ1) is 14.1. The van der Waals surface area contributed by atoms with E-state index in [2.05, 4.69) is 30.2 Å². The van der Waals surface area contributed by atoms with Gasteiger partial charge in [-0.25, -0.2) is 4.68 Å². The van der Waals surface area contributed by atoms with Crippen LogP contribution < -0.4 is 5.56 Å². The van der Waals surface area contributed by atoms with Crippen LogP contribution in [0.15, 0.2) is 58.6 Å². The van der Waals surface area contributed by atoms with Crippen LogP contribution in [-0.4, -0.2) is 19.6 Å². The van der Waals surface area contributed by atoms with Gasteiger partial charge in [-0.15, -0.1) is 11.8 Å². The van der Waals surface area contributed by atoms with Crippen LogP contribution in [0.5, 0.6) is 0 Å². The smallest absolute Gasteiger partial charge is 0.250 e. The van der Waals surface area contributed by atoms with E-state index in [1.165, 1.54) is 37.0 Å². The summed E-state index contributed by atoms with van der Waals surface area (Å²) in [4.78, 5) is 13.2. The Morgan fingerprint density at radius 3 is 2.72 bits per heavy atom. The van der Waals surface area contributed by atoms with Gasteiger partial charge in [0.2, 0.25) is 0 Å². The van der Waals surface area contributed by atoms with Gasteiger partial charge in [-0.3, -0.25) is 4.79 Å². The zero-order chi connectivity index (χ0) is 20.2. The Morgan fingerprint density at radius 2 is 1.97 bits per heavy atom. The van der Waals surface area contributed by atoms with Gasteiger partial charge in [0, 0.05) is 51.3 Å². The van der Waals surface area contributed by atoms with E-state index in [1.54, 1.807) is 21.4 Å². The number of rotatable bonds is 6. The van der Waals surface area contributed by atoms with Crippen molar-refractivity contribution in [1.29, 1.82) is 0 Å². The van der Waals surface area contributed by atoms with Crippen LogP contribution in [0.25, 0.3) is 16.8 Å². The van der Waals surface area contributed by atoms with Crippen LogP contribution in [0.1, 0.15) is 45.4 Å². The van der Waals surface area contributed by atoms with Gasteiger partial charge in [-0.05, 0) is 37.5 Å². The highest BCUT2D eigenvalue weighted by Gasteiger charge is 2.16. The number of hydrogen-bond acceptors (Lipinski definition) is 3. The summed E-state index contributed by atoms with van der Waals surface area (Å²) in [6, 6.07) is 9.73. The molecule has 0 saturated heterocycles. The predicted octanol–water partition coefficient (Wildman–Crippen LogP) is 6.19. The molecule has 0 spiro atoms. The lowest BCUT2D eigenvalue weighted by Crippen LogP contribution is -2.19. The van der Waals surface area contributed by atoms with Gasteiger partial charge in [0.25, 0.3) is 5.56 Å². The minimum absolute atomic E-state index is 0.0112. The number of hydrogen-bond donors (Lipinski definition) is 0. The van der Waals surface area contributed by atoms with Crippen molar-refractivity contribution in [3.63, 3.8) is 0 Å². The molecular weight excluding hydrogens is 402 g/mol. The maximum Gasteiger partial charge on any atom is 0.250 e. The van der Waals surface area contributed by atoms with E-state index in [0.29, 0.717) is 11.8 Å². The summed E-state index contributed by atoms with van der Waals surface area (Å²) < 4.78 is 3.52. The van der Waals surface area contributed by atoms with Gasteiger partial charge in [0.05, 0.1) is 11.9 Å². The summed E-state index contributed by atoms with van der Waals surface area (Å²) >= 11 is 8.58. The second kappa shape index (κ2) is 9.23. The van der Waals surface area contributed by atoms with Crippen molar-refractivity contribution in [1.82, 2.24) is 14.3 Å². The standard InChI is InChI=1S/C23H26ClN3OS/c1-2-12-26-16-18(8-11-23(26)28)27-15-17(14-25-27)21-10-9-20(13-22(21)24)29-19-6-4-3-5-7-19/h8-11,13-16,19H,2-7,12H2,1H3. The highest BCUT2D eigenvalue weighted by atomic mass is 35.5. The molecular formula is C23H26ClN3OS. The minimum Gasteiger partial charge on any atom is -0.313 e. The van der Waals surface area contributed by atoms with Crippen LogP contribution in [0, 0.1) is 0 Å². The molecule has 3 aromatic rings. The van der Waals surface area contributed by atoms with Crippen LogP contribution in [-0.2, 0) is 6.54 Å². The van der Waals surface area contributed by atoms with Gasteiger partial charge in [-0.1, -0.05) is 43.9 Å². The Morgan fingerprint density at radius 1 is 1.14 bits per heavy atom. The molecule has 29 heavy (non-hydrogen) atoms. The van der Waals surface area contributed by atoms with Crippen molar-refractivity contribution in [2.45, 2.75) is 62.1 Å². The van der Waals surface area contributed by atoms with E-state index in [4.69, 9.17) is 11.6 Å². The molecule has 0 atom stereocenters. The van der Waals surface area contributed by atoms with Crippen LogP contribution in [0.3, 0.4) is 0 Å². The molecule has 152 valence electrons. The van der Waals surface area contributed by atoms with E-state index in [0.717, 1.165) is 28.3 Å². The summed E-state index contributed by atoms with van der Waals surface area (Å²) in [5, 5.41) is 5.95. The Bertz CT molecular complexity index is 1040. The Labute approximate surface area is 180 Å². The average Bonchev–Trinajstić information content (AvgIpc) is 3.20. The summed E-state index contributed by atoms with van der Waals surface area (Å²) in [6.07, 6.45) is 13.2. The van der Waals surface area contributed by atoms with Crippen molar-refractivity contribution >= 4 is 23.4 Å². The molecule has 1 fully saturated rings. The highest BCUT2D eigenvalue weighted by molar-refractivity contribution is 8.00. The van der Waals surface area contributed by atoms with Crippen molar-refractivity contribution in [3.8, 4) is 16.8 Å². The number of aromatic nitrogens is 3. The topological polar surface area (TPSA) is 39.8 Å². The molecule has 2 heterocycles. The summed E-state index contributed by atoms with van der Waals surface area (Å²) in [7, 11) is 0. The van der Waals surface area contributed by atoms with Gasteiger partial charge in [0.1, 0.15) is 0 Å². The zero-order valence-electron chi connectivity index (χ0n) is 16.7. The SMILES string of the molecule is CCCn1cc(-n2cc(-c3ccc(SC4CCCCC4)cc3Cl)cn2)ccc1=O. The third-order valence-electron chi connectivity index (χ3n) is 5.39. The summed E-state index contributed by atoms with van der Waals surface area (Å²) in [5.74, 6) is 0. The van der Waals surface area contributed by atoms with Crippen molar-refractivity contribution in [2.75, 3.05) is 0 Å². The van der Waals surface area contributed by atoms with Crippen molar-refractivity contribution in [2.24, 2.45) is 0 Å². The fourth-order valence-electron chi connectivity index (χ4n) is 3.85. The first-order valence-electron chi connectivity index (χ1n) is 10.4. The number of thioether (sulfide) groups is 1.